The molecule has 2 aromatic rings. The molecule has 0 saturated carbocycles. The van der Waals surface area contributed by atoms with Gasteiger partial charge in [0.15, 0.2) is 11.6 Å². The number of anilines is 1. The average Bonchev–Trinajstić information content (AvgIpc) is 2.49. The molecule has 0 amide bonds. The molecule has 0 unspecified atom stereocenters. The van der Waals surface area contributed by atoms with Crippen LogP contribution in [0.1, 0.15) is 11.1 Å². The number of rotatable bonds is 4. The molecule has 0 aliphatic carbocycles. The Morgan fingerprint density at radius 1 is 1.10 bits per heavy atom. The number of benzene rings is 2. The molecule has 0 aliphatic rings. The molecular formula is C15H11F3N2O. The second kappa shape index (κ2) is 6.18. The van der Waals surface area contributed by atoms with Gasteiger partial charge in [0.1, 0.15) is 11.6 Å². The minimum Gasteiger partial charge on any atom is -0.496 e. The highest BCUT2D eigenvalue weighted by Gasteiger charge is 2.11. The molecule has 0 saturated heterocycles. The highest BCUT2D eigenvalue weighted by atomic mass is 19.2. The van der Waals surface area contributed by atoms with E-state index in [0.717, 1.165) is 6.07 Å². The lowest BCUT2D eigenvalue weighted by Gasteiger charge is -2.12. The molecule has 2 rings (SSSR count). The molecule has 6 heteroatoms. The van der Waals surface area contributed by atoms with Crippen molar-refractivity contribution in [1.29, 1.82) is 5.26 Å². The molecule has 1 N–H and O–H groups in total. The molecule has 0 aliphatic heterocycles. The average molecular weight is 292 g/mol. The molecule has 0 bridgehead atoms. The SMILES string of the molecule is COc1ccc(C#N)cc1CNc1cc(F)c(F)cc1F. The zero-order valence-corrected chi connectivity index (χ0v) is 11.1. The fourth-order valence-electron chi connectivity index (χ4n) is 1.83. The Hall–Kier alpha value is -2.68. The number of halogens is 3. The number of nitrogens with one attached hydrogen (secondary N) is 1. The van der Waals surface area contributed by atoms with E-state index < -0.39 is 17.5 Å². The van der Waals surface area contributed by atoms with Gasteiger partial charge in [-0.3, -0.25) is 0 Å². The van der Waals surface area contributed by atoms with Gasteiger partial charge in [-0.05, 0) is 18.2 Å². The van der Waals surface area contributed by atoms with Gasteiger partial charge in [0.2, 0.25) is 0 Å². The number of hydrogen-bond donors (Lipinski definition) is 1. The lowest BCUT2D eigenvalue weighted by Crippen LogP contribution is -2.05. The summed E-state index contributed by atoms with van der Waals surface area (Å²) in [5, 5.41) is 11.5. The highest BCUT2D eigenvalue weighted by molar-refractivity contribution is 5.48. The van der Waals surface area contributed by atoms with Crippen LogP contribution in [0.25, 0.3) is 0 Å². The van der Waals surface area contributed by atoms with Crippen molar-refractivity contribution in [3.8, 4) is 11.8 Å². The maximum atomic E-state index is 13.5. The monoisotopic (exact) mass is 292 g/mol. The fraction of sp³-hybridized carbons (Fsp3) is 0.133. The Balaban J connectivity index is 2.24. The zero-order valence-electron chi connectivity index (χ0n) is 11.1. The summed E-state index contributed by atoms with van der Waals surface area (Å²) < 4.78 is 44.6. The summed E-state index contributed by atoms with van der Waals surface area (Å²) in [5.74, 6) is -2.78. The molecule has 3 nitrogen and oxygen atoms in total. The molecule has 0 spiro atoms. The highest BCUT2D eigenvalue weighted by Crippen LogP contribution is 2.23. The number of hydrogen-bond acceptors (Lipinski definition) is 3. The van der Waals surface area contributed by atoms with Gasteiger partial charge in [-0.25, -0.2) is 13.2 Å². The first kappa shape index (κ1) is 14.7. The Labute approximate surface area is 119 Å². The molecule has 0 heterocycles. The van der Waals surface area contributed by atoms with Gasteiger partial charge in [0.05, 0.1) is 24.4 Å². The van der Waals surface area contributed by atoms with Crippen molar-refractivity contribution >= 4 is 5.69 Å². The lowest BCUT2D eigenvalue weighted by atomic mass is 10.1. The molecule has 21 heavy (non-hydrogen) atoms. The summed E-state index contributed by atoms with van der Waals surface area (Å²) in [6, 6.07) is 7.96. The van der Waals surface area contributed by atoms with E-state index in [9.17, 15) is 13.2 Å². The molecule has 0 atom stereocenters. The van der Waals surface area contributed by atoms with Crippen LogP contribution in [0.5, 0.6) is 5.75 Å². The minimum absolute atomic E-state index is 0.0979. The van der Waals surface area contributed by atoms with E-state index in [1.807, 2.05) is 6.07 Å². The molecule has 0 radical (unpaired) electrons. The van der Waals surface area contributed by atoms with E-state index in [1.165, 1.54) is 7.11 Å². The van der Waals surface area contributed by atoms with Crippen LogP contribution in [0.4, 0.5) is 18.9 Å². The van der Waals surface area contributed by atoms with E-state index in [1.54, 1.807) is 18.2 Å². The van der Waals surface area contributed by atoms with Crippen molar-refractivity contribution in [2.45, 2.75) is 6.54 Å². The predicted molar refractivity (Wildman–Crippen MR) is 71.4 cm³/mol. The van der Waals surface area contributed by atoms with Crippen LogP contribution in [-0.2, 0) is 6.54 Å². The van der Waals surface area contributed by atoms with Crippen LogP contribution >= 0.6 is 0 Å². The van der Waals surface area contributed by atoms with Crippen molar-refractivity contribution < 1.29 is 17.9 Å². The third-order valence-corrected chi connectivity index (χ3v) is 2.89. The van der Waals surface area contributed by atoms with Crippen LogP contribution in [0.3, 0.4) is 0 Å². The lowest BCUT2D eigenvalue weighted by molar-refractivity contribution is 0.410. The van der Waals surface area contributed by atoms with Crippen LogP contribution in [0.2, 0.25) is 0 Å². The van der Waals surface area contributed by atoms with Crippen LogP contribution in [0.15, 0.2) is 30.3 Å². The predicted octanol–water partition coefficient (Wildman–Crippen LogP) is 3.60. The standard InChI is InChI=1S/C15H11F3N2O/c1-21-15-3-2-9(7-19)4-10(15)8-20-14-6-12(17)11(16)5-13(14)18/h2-6,20H,8H2,1H3. The van der Waals surface area contributed by atoms with E-state index in [2.05, 4.69) is 5.32 Å². The maximum Gasteiger partial charge on any atom is 0.161 e. The van der Waals surface area contributed by atoms with Gasteiger partial charge in [0.25, 0.3) is 0 Å². The van der Waals surface area contributed by atoms with Crippen molar-refractivity contribution in [1.82, 2.24) is 0 Å². The molecule has 0 aromatic heterocycles. The quantitative estimate of drug-likeness (QED) is 0.876. The molecular weight excluding hydrogens is 281 g/mol. The molecule has 0 fully saturated rings. The maximum absolute atomic E-state index is 13.5. The first-order valence-corrected chi connectivity index (χ1v) is 6.00. The first-order valence-electron chi connectivity index (χ1n) is 6.00. The first-order chi connectivity index (χ1) is 10.0. The van der Waals surface area contributed by atoms with Gasteiger partial charge in [0, 0.05) is 24.2 Å². The van der Waals surface area contributed by atoms with Crippen molar-refractivity contribution in [2.75, 3.05) is 12.4 Å². The van der Waals surface area contributed by atoms with E-state index >= 15 is 0 Å². The van der Waals surface area contributed by atoms with E-state index in [4.69, 9.17) is 10.00 Å². The Morgan fingerprint density at radius 3 is 2.48 bits per heavy atom. The summed E-state index contributed by atoms with van der Waals surface area (Å²) in [4.78, 5) is 0. The number of nitriles is 1. The Bertz CT molecular complexity index is 711. The van der Waals surface area contributed by atoms with E-state index in [-0.39, 0.29) is 12.2 Å². The van der Waals surface area contributed by atoms with Crippen molar-refractivity contribution in [2.24, 2.45) is 0 Å². The van der Waals surface area contributed by atoms with Gasteiger partial charge in [-0.2, -0.15) is 5.26 Å². The third kappa shape index (κ3) is 3.26. The molecule has 2 aromatic carbocycles. The second-order valence-electron chi connectivity index (χ2n) is 4.24. The van der Waals surface area contributed by atoms with Crippen molar-refractivity contribution in [3.63, 3.8) is 0 Å². The summed E-state index contributed by atoms with van der Waals surface area (Å²) in [6.07, 6.45) is 0. The fourth-order valence-corrected chi connectivity index (χ4v) is 1.83. The number of methoxy groups -OCH3 is 1. The van der Waals surface area contributed by atoms with Crippen molar-refractivity contribution in [3.05, 3.63) is 58.9 Å². The Kier molecular flexibility index (Phi) is 4.33. The summed E-state index contributed by atoms with van der Waals surface area (Å²) >= 11 is 0. The van der Waals surface area contributed by atoms with E-state index in [0.29, 0.717) is 22.9 Å². The summed E-state index contributed by atoms with van der Waals surface area (Å²) in [7, 11) is 1.46. The van der Waals surface area contributed by atoms with Gasteiger partial charge in [-0.15, -0.1) is 0 Å². The van der Waals surface area contributed by atoms with Crippen LogP contribution in [-0.4, -0.2) is 7.11 Å². The third-order valence-electron chi connectivity index (χ3n) is 2.89. The van der Waals surface area contributed by atoms with Gasteiger partial charge < -0.3 is 10.1 Å². The normalized spacial score (nSPS) is 10.0. The van der Waals surface area contributed by atoms with Crippen LogP contribution in [0, 0.1) is 28.8 Å². The molecule has 108 valence electrons. The summed E-state index contributed by atoms with van der Waals surface area (Å²) in [6.45, 7) is 0.0979. The zero-order chi connectivity index (χ0) is 15.4. The Morgan fingerprint density at radius 2 is 1.81 bits per heavy atom. The minimum atomic E-state index is -1.25. The smallest absolute Gasteiger partial charge is 0.161 e. The van der Waals surface area contributed by atoms with Gasteiger partial charge in [-0.1, -0.05) is 0 Å². The van der Waals surface area contributed by atoms with Gasteiger partial charge >= 0.3 is 0 Å². The number of nitrogens with zero attached hydrogens (tertiary/aromatic N) is 1. The largest absolute Gasteiger partial charge is 0.496 e. The summed E-state index contributed by atoms with van der Waals surface area (Å²) in [5.41, 5.74) is 0.845. The van der Waals surface area contributed by atoms with Crippen LogP contribution < -0.4 is 10.1 Å². The second-order valence-corrected chi connectivity index (χ2v) is 4.24. The topological polar surface area (TPSA) is 45.0 Å². The number of ether oxygens (including phenoxy) is 1.